The van der Waals surface area contributed by atoms with Crippen molar-refractivity contribution in [1.82, 2.24) is 55.9 Å². The number of rotatable bonds is 46. The first kappa shape index (κ1) is 75.6. The smallest absolute Gasteiger partial charge is 0.328 e. The Kier molecular flexibility index (Phi) is 32.2. The lowest BCUT2D eigenvalue weighted by Crippen LogP contribution is -2.47. The van der Waals surface area contributed by atoms with Crippen LogP contribution in [0.3, 0.4) is 0 Å². The molecule has 1 saturated carbocycles. The van der Waals surface area contributed by atoms with Gasteiger partial charge in [0.25, 0.3) is 0 Å². The summed E-state index contributed by atoms with van der Waals surface area (Å²) in [5.74, 6) is -3.25. The molecule has 4 aromatic heterocycles. The molecule has 0 radical (unpaired) electrons. The molecule has 516 valence electrons. The summed E-state index contributed by atoms with van der Waals surface area (Å²) in [6.45, 7) is 5.79. The zero-order valence-corrected chi connectivity index (χ0v) is 56.3. The molecule has 29 heteroatoms. The standard InChI is InChI=1S/C65H92BrFN12O15/c1-43-32-47(67)61(66)75-62(43)76-63(87)50-34-65(3)35-52(65)79(50)58(85)40-78-51-38-70-49(33-46(51)60(77-78)44(2)80)45-36-71-53(72-37-45)39-73-57(84)42-94-31-29-92-27-25-69-56(83)41-93-30-28-91-26-24-68-54(81)23-22-48(64(88)90-5)74-55(82)20-18-16-14-12-10-8-6-7-9-11-13-15-17-19-21-59(86)89-4/h32-33,36-38,48,50,52H,6-31,34-35,39-42H2,1-5H3,(H,68,81)(H,69,83)(H,73,84)(H,74,82)(H,75,76,87)/t48-,50-,52+,65-/m0/s1. The van der Waals surface area contributed by atoms with Gasteiger partial charge in [-0.25, -0.2) is 24.1 Å². The number of fused-ring (bicyclic) bond motifs is 2. The summed E-state index contributed by atoms with van der Waals surface area (Å²) in [7, 11) is 2.67. The van der Waals surface area contributed by atoms with Gasteiger partial charge in [0.2, 0.25) is 35.4 Å². The van der Waals surface area contributed by atoms with Gasteiger partial charge in [0.05, 0.1) is 77.8 Å². The van der Waals surface area contributed by atoms with E-state index in [1.807, 2.05) is 6.92 Å². The van der Waals surface area contributed by atoms with Gasteiger partial charge < -0.3 is 59.9 Å². The van der Waals surface area contributed by atoms with E-state index in [0.29, 0.717) is 52.8 Å². The molecule has 6 rings (SSSR count). The highest BCUT2D eigenvalue weighted by molar-refractivity contribution is 9.10. The fourth-order valence-electron chi connectivity index (χ4n) is 11.0. The van der Waals surface area contributed by atoms with E-state index in [4.69, 9.17) is 23.7 Å². The highest BCUT2D eigenvalue weighted by Gasteiger charge is 2.64. The molecule has 1 saturated heterocycles. The van der Waals surface area contributed by atoms with Gasteiger partial charge in [-0.3, -0.25) is 48.0 Å². The Balaban J connectivity index is 0.741. The average Bonchev–Trinajstić information content (AvgIpc) is 1.55. The third-order valence-corrected chi connectivity index (χ3v) is 16.9. The van der Waals surface area contributed by atoms with Crippen LogP contribution in [0.25, 0.3) is 22.2 Å². The van der Waals surface area contributed by atoms with Crippen molar-refractivity contribution < 1.29 is 76.0 Å². The molecule has 6 amide bonds. The summed E-state index contributed by atoms with van der Waals surface area (Å²) in [6, 6.07) is 1.04. The van der Waals surface area contributed by atoms with Crippen LogP contribution in [0.1, 0.15) is 164 Å². The van der Waals surface area contributed by atoms with Gasteiger partial charge in [0, 0.05) is 68.7 Å². The maximum atomic E-state index is 14.1. The number of pyridine rings is 2. The van der Waals surface area contributed by atoms with Gasteiger partial charge in [-0.2, -0.15) is 5.10 Å². The number of methoxy groups -OCH3 is 2. The number of hydrogen-bond donors (Lipinski definition) is 5. The topological polar surface area (TPSA) is 342 Å². The van der Waals surface area contributed by atoms with Gasteiger partial charge >= 0.3 is 11.9 Å². The van der Waals surface area contributed by atoms with E-state index in [2.05, 4.69) is 72.3 Å². The van der Waals surface area contributed by atoms with Gasteiger partial charge in [-0.1, -0.05) is 84.0 Å². The second-order valence-corrected chi connectivity index (χ2v) is 24.6. The number of carbonyl (C=O) groups excluding carboxylic acids is 9. The lowest BCUT2D eigenvalue weighted by Gasteiger charge is -2.27. The largest absolute Gasteiger partial charge is 0.469 e. The monoisotopic (exact) mass is 1380 g/mol. The van der Waals surface area contributed by atoms with E-state index >= 15 is 0 Å². The number of unbranched alkanes of at least 4 members (excludes halogenated alkanes) is 13. The van der Waals surface area contributed by atoms with Crippen LogP contribution in [0.5, 0.6) is 0 Å². The Morgan fingerprint density at radius 3 is 1.85 bits per heavy atom. The van der Waals surface area contributed by atoms with Crippen molar-refractivity contribution in [3.8, 4) is 11.3 Å². The predicted molar refractivity (Wildman–Crippen MR) is 346 cm³/mol. The van der Waals surface area contributed by atoms with E-state index in [9.17, 15) is 47.5 Å². The van der Waals surface area contributed by atoms with E-state index in [-0.39, 0.29) is 155 Å². The van der Waals surface area contributed by atoms with Crippen molar-refractivity contribution in [2.75, 3.05) is 85.5 Å². The van der Waals surface area contributed by atoms with Crippen LogP contribution < -0.4 is 26.6 Å². The number of amides is 6. The van der Waals surface area contributed by atoms with E-state index in [1.165, 1.54) is 102 Å². The average molecular weight is 1380 g/mol. The number of likely N-dealkylation sites (tertiary alicyclic amines) is 1. The Labute approximate surface area is 556 Å². The molecule has 0 spiro atoms. The molecule has 94 heavy (non-hydrogen) atoms. The molecule has 2 aliphatic rings. The molecule has 0 aromatic carbocycles. The first-order valence-electron chi connectivity index (χ1n) is 32.5. The molecule has 0 unspecified atom stereocenters. The zero-order valence-electron chi connectivity index (χ0n) is 54.8. The second kappa shape index (κ2) is 40.0. The Morgan fingerprint density at radius 2 is 1.26 bits per heavy atom. The third kappa shape index (κ3) is 25.4. The van der Waals surface area contributed by atoms with Crippen LogP contribution in [-0.4, -0.2) is 186 Å². The van der Waals surface area contributed by atoms with Crippen LogP contribution in [0.4, 0.5) is 10.2 Å². The minimum absolute atomic E-state index is 0.00000603. The summed E-state index contributed by atoms with van der Waals surface area (Å²) in [6.07, 6.45) is 22.2. The summed E-state index contributed by atoms with van der Waals surface area (Å²) in [4.78, 5) is 133. The Hall–Kier alpha value is -7.47. The van der Waals surface area contributed by atoms with Crippen molar-refractivity contribution in [2.24, 2.45) is 5.41 Å². The third-order valence-electron chi connectivity index (χ3n) is 16.4. The highest BCUT2D eigenvalue weighted by Crippen LogP contribution is 2.59. The van der Waals surface area contributed by atoms with Crippen molar-refractivity contribution in [1.29, 1.82) is 0 Å². The molecule has 5 heterocycles. The first-order chi connectivity index (χ1) is 45.3. The SMILES string of the molecule is COC(=O)CCCCCCCCCCCCCCCCC(=O)N[C@@H](CCC(=O)NCCOCCOCC(=O)NCCOCCOCC(=O)NCc1ncc(-c2cc3c(C(C)=O)nn(CC(=O)N4[C@H](C(=O)Nc5nc(Br)c(F)cc5C)C[C@@]5(C)C[C@@H]45)c3cn2)cn1)C(=O)OC. The minimum atomic E-state index is -0.927. The molecular formula is C65H92BrFN12O15. The minimum Gasteiger partial charge on any atom is -0.469 e. The van der Waals surface area contributed by atoms with Crippen molar-refractivity contribution in [3.05, 3.63) is 58.2 Å². The van der Waals surface area contributed by atoms with Gasteiger partial charge in [0.1, 0.15) is 53.8 Å². The van der Waals surface area contributed by atoms with Crippen molar-refractivity contribution >= 4 is 85.8 Å². The van der Waals surface area contributed by atoms with Crippen LogP contribution >= 0.6 is 15.9 Å². The summed E-state index contributed by atoms with van der Waals surface area (Å²) in [5.41, 5.74) is 1.71. The quantitative estimate of drug-likeness (QED) is 0.0137. The van der Waals surface area contributed by atoms with Crippen LogP contribution in [0.2, 0.25) is 0 Å². The lowest BCUT2D eigenvalue weighted by atomic mass is 10.0. The first-order valence-corrected chi connectivity index (χ1v) is 33.3. The fourth-order valence-corrected chi connectivity index (χ4v) is 11.3. The second-order valence-electron chi connectivity index (χ2n) is 23.9. The van der Waals surface area contributed by atoms with Crippen molar-refractivity contribution in [3.63, 3.8) is 0 Å². The van der Waals surface area contributed by atoms with Crippen LogP contribution in [0, 0.1) is 18.2 Å². The molecule has 4 atom stereocenters. The van der Waals surface area contributed by atoms with Crippen LogP contribution in [-0.2, 0) is 79.9 Å². The van der Waals surface area contributed by atoms with Crippen molar-refractivity contribution in [2.45, 2.75) is 180 Å². The van der Waals surface area contributed by atoms with Crippen LogP contribution in [0.15, 0.2) is 35.3 Å². The maximum Gasteiger partial charge on any atom is 0.328 e. The van der Waals surface area contributed by atoms with E-state index in [1.54, 1.807) is 17.9 Å². The summed E-state index contributed by atoms with van der Waals surface area (Å²) >= 11 is 3.06. The number of esters is 2. The van der Waals surface area contributed by atoms with Gasteiger partial charge in [0.15, 0.2) is 11.6 Å². The number of nitrogens with zero attached hydrogens (tertiary/aromatic N) is 7. The molecule has 2 fully saturated rings. The number of ether oxygens (including phenoxy) is 6. The normalized spacial score (nSPS) is 15.8. The highest BCUT2D eigenvalue weighted by atomic mass is 79.9. The number of aromatic nitrogens is 6. The number of anilines is 1. The fraction of sp³-hybridized carbons (Fsp3) is 0.631. The molecular weight excluding hydrogens is 1290 g/mol. The number of nitrogens with one attached hydrogen (secondary N) is 5. The van der Waals surface area contributed by atoms with E-state index < -0.39 is 35.7 Å². The lowest BCUT2D eigenvalue weighted by molar-refractivity contribution is -0.145. The Morgan fingerprint density at radius 1 is 0.681 bits per heavy atom. The summed E-state index contributed by atoms with van der Waals surface area (Å²) in [5, 5.41) is 18.5. The number of hydrogen-bond acceptors (Lipinski definition) is 20. The van der Waals surface area contributed by atoms with Gasteiger partial charge in [-0.15, -0.1) is 0 Å². The molecule has 27 nitrogen and oxygen atoms in total. The molecule has 1 aliphatic carbocycles. The predicted octanol–water partition coefficient (Wildman–Crippen LogP) is 6.48. The number of piperidine rings is 1. The summed E-state index contributed by atoms with van der Waals surface area (Å²) < 4.78 is 46.7. The number of halogens is 2. The molecule has 0 bridgehead atoms. The van der Waals surface area contributed by atoms with E-state index in [0.717, 1.165) is 44.9 Å². The number of Topliss-reactive ketones (excluding diaryl/α,β-unsaturated/α-hetero) is 1. The Bertz CT molecular complexity index is 3180. The molecule has 1 aliphatic heterocycles. The zero-order chi connectivity index (χ0) is 67.8. The maximum absolute atomic E-state index is 14.1. The van der Waals surface area contributed by atoms with Gasteiger partial charge in [-0.05, 0) is 78.1 Å². The molecule has 5 N–H and O–H groups in total. The number of ketones is 1. The molecule has 4 aromatic rings. The number of carbonyl (C=O) groups is 9. The number of aryl methyl sites for hydroxylation is 1.